The number of carbonyl (C=O) groups is 1. The van der Waals surface area contributed by atoms with Gasteiger partial charge in [0.1, 0.15) is 18.8 Å². The third-order valence-corrected chi connectivity index (χ3v) is 7.68. The molecular formula is C16H31N4OPS. The molecule has 0 aromatic carbocycles. The molecule has 1 rings (SSSR count). The van der Waals surface area contributed by atoms with Gasteiger partial charge in [-0.15, -0.1) is 11.3 Å². The second-order valence-corrected chi connectivity index (χ2v) is 9.58. The number of nitrogens with one attached hydrogen (secondary N) is 1. The zero-order valence-corrected chi connectivity index (χ0v) is 17.2. The Morgan fingerprint density at radius 3 is 2.00 bits per heavy atom. The van der Waals surface area contributed by atoms with E-state index in [9.17, 15) is 4.79 Å². The van der Waals surface area contributed by atoms with E-state index >= 15 is 0 Å². The zero-order valence-electron chi connectivity index (χ0n) is 15.5. The summed E-state index contributed by atoms with van der Waals surface area (Å²) in [5.74, 6) is 0.682. The highest BCUT2D eigenvalue weighted by Crippen LogP contribution is 2.43. The normalized spacial score (nSPS) is 12.4. The number of carbonyl (C=O) groups excluding carboxylic acids is 1. The quantitative estimate of drug-likeness (QED) is 0.719. The lowest BCUT2D eigenvalue weighted by Crippen LogP contribution is -2.34. The van der Waals surface area contributed by atoms with Gasteiger partial charge in [0.25, 0.3) is 0 Å². The Balaban J connectivity index is 3.03. The third-order valence-electron chi connectivity index (χ3n) is 3.58. The largest absolute Gasteiger partial charge is 0.310 e. The number of anilines is 1. The number of rotatable bonds is 8. The summed E-state index contributed by atoms with van der Waals surface area (Å²) < 4.78 is 6.05. The maximum Gasteiger partial charge on any atom is 0.230 e. The summed E-state index contributed by atoms with van der Waals surface area (Å²) in [4.78, 5) is 16.9. The summed E-state index contributed by atoms with van der Waals surface area (Å²) in [6.45, 7) is 18.5. The molecule has 132 valence electrons. The molecule has 0 bridgehead atoms. The van der Waals surface area contributed by atoms with Crippen LogP contribution in [0.1, 0.15) is 48.5 Å². The summed E-state index contributed by atoms with van der Waals surface area (Å²) in [7, 11) is -0.593. The summed E-state index contributed by atoms with van der Waals surface area (Å²) in [6, 6.07) is 0. The number of hydrogen-bond acceptors (Lipinski definition) is 5. The minimum Gasteiger partial charge on any atom is -0.310 e. The first-order valence-electron chi connectivity index (χ1n) is 8.35. The molecule has 0 aliphatic rings. The lowest BCUT2D eigenvalue weighted by Gasteiger charge is -2.35. The van der Waals surface area contributed by atoms with Crippen molar-refractivity contribution in [2.24, 2.45) is 5.41 Å². The molecule has 1 heterocycles. The molecule has 1 amide bonds. The Morgan fingerprint density at radius 1 is 1.13 bits per heavy atom. The predicted molar refractivity (Wildman–Crippen MR) is 103 cm³/mol. The van der Waals surface area contributed by atoms with Gasteiger partial charge < -0.3 is 5.32 Å². The van der Waals surface area contributed by atoms with Gasteiger partial charge in [-0.25, -0.2) is 4.98 Å². The third kappa shape index (κ3) is 5.49. The zero-order chi connectivity index (χ0) is 17.6. The van der Waals surface area contributed by atoms with Crippen LogP contribution in [-0.4, -0.2) is 46.4 Å². The van der Waals surface area contributed by atoms with Crippen LogP contribution in [0.15, 0.2) is 5.38 Å². The molecule has 0 unspecified atom stereocenters. The molecule has 1 aromatic rings. The Bertz CT molecular complexity index is 481. The Kier molecular flexibility index (Phi) is 8.08. The van der Waals surface area contributed by atoms with Gasteiger partial charge in [0.15, 0.2) is 0 Å². The molecule has 0 saturated heterocycles. The summed E-state index contributed by atoms with van der Waals surface area (Å²) >= 11 is 1.65. The number of hydrogen-bond donors (Lipinski definition) is 1. The van der Waals surface area contributed by atoms with Crippen molar-refractivity contribution < 1.29 is 4.79 Å². The van der Waals surface area contributed by atoms with E-state index in [1.54, 1.807) is 11.3 Å². The maximum atomic E-state index is 12.1. The van der Waals surface area contributed by atoms with Gasteiger partial charge in [-0.1, -0.05) is 48.5 Å². The predicted octanol–water partition coefficient (Wildman–Crippen LogP) is 3.75. The van der Waals surface area contributed by atoms with Crippen LogP contribution in [0.2, 0.25) is 0 Å². The molecule has 0 fully saturated rings. The van der Waals surface area contributed by atoms with E-state index in [0.29, 0.717) is 5.82 Å². The highest BCUT2D eigenvalue weighted by Gasteiger charge is 2.28. The van der Waals surface area contributed by atoms with Crippen molar-refractivity contribution in [2.45, 2.75) is 48.5 Å². The van der Waals surface area contributed by atoms with Crippen LogP contribution >= 0.6 is 19.6 Å². The number of thiazole rings is 1. The van der Waals surface area contributed by atoms with Crippen molar-refractivity contribution >= 4 is 36.0 Å². The molecule has 1 aromatic heterocycles. The van der Waals surface area contributed by atoms with Crippen LogP contribution < -0.4 is 10.1 Å². The molecule has 5 nitrogen and oxygen atoms in total. The molecular weight excluding hydrogens is 327 g/mol. The van der Waals surface area contributed by atoms with Gasteiger partial charge >= 0.3 is 0 Å². The lowest BCUT2D eigenvalue weighted by atomic mass is 9.96. The van der Waals surface area contributed by atoms with Crippen molar-refractivity contribution in [1.29, 1.82) is 0 Å². The molecule has 0 aliphatic heterocycles. The minimum absolute atomic E-state index is 0.00403. The van der Waals surface area contributed by atoms with Crippen LogP contribution in [0.5, 0.6) is 0 Å². The van der Waals surface area contributed by atoms with Gasteiger partial charge in [0.2, 0.25) is 5.91 Å². The molecule has 0 atom stereocenters. The van der Waals surface area contributed by atoms with Gasteiger partial charge in [0, 0.05) is 37.0 Å². The monoisotopic (exact) mass is 358 g/mol. The van der Waals surface area contributed by atoms with Gasteiger partial charge in [-0.05, 0) is 0 Å². The van der Waals surface area contributed by atoms with Crippen molar-refractivity contribution in [3.05, 3.63) is 5.38 Å². The summed E-state index contributed by atoms with van der Waals surface area (Å²) in [5.41, 5.74) is -0.410. The average Bonchev–Trinajstić information content (AvgIpc) is 2.94. The highest BCUT2D eigenvalue weighted by atomic mass is 32.1. The van der Waals surface area contributed by atoms with E-state index in [2.05, 4.69) is 42.4 Å². The first-order valence-corrected chi connectivity index (χ1v) is 10.5. The number of amides is 1. The maximum absolute atomic E-state index is 12.1. The second kappa shape index (κ2) is 9.07. The average molecular weight is 358 g/mol. The Morgan fingerprint density at radius 2 is 1.61 bits per heavy atom. The molecule has 1 N–H and O–H groups in total. The SMILES string of the molecule is CCN(CC)P(c1nc(NC(=O)C(C)(C)C)cs1)N(CC)CC. The molecule has 0 radical (unpaired) electrons. The van der Waals surface area contributed by atoms with E-state index in [1.165, 1.54) is 0 Å². The topological polar surface area (TPSA) is 48.5 Å². The fraction of sp³-hybridized carbons (Fsp3) is 0.750. The number of nitrogens with zero attached hydrogens (tertiary/aromatic N) is 3. The number of aromatic nitrogens is 1. The fourth-order valence-electron chi connectivity index (χ4n) is 2.12. The minimum atomic E-state index is -0.593. The first kappa shape index (κ1) is 20.5. The van der Waals surface area contributed by atoms with Crippen LogP contribution in [0.4, 0.5) is 5.82 Å². The molecule has 7 heteroatoms. The van der Waals surface area contributed by atoms with Gasteiger partial charge in [-0.2, -0.15) is 0 Å². The molecule has 23 heavy (non-hydrogen) atoms. The smallest absolute Gasteiger partial charge is 0.230 e. The Hall–Kier alpha value is -0.550. The van der Waals surface area contributed by atoms with E-state index < -0.39 is 13.6 Å². The van der Waals surface area contributed by atoms with E-state index in [0.717, 1.165) is 30.9 Å². The van der Waals surface area contributed by atoms with Gasteiger partial charge in [-0.3, -0.25) is 14.1 Å². The van der Waals surface area contributed by atoms with Crippen molar-refractivity contribution in [3.8, 4) is 0 Å². The molecule has 0 aliphatic carbocycles. The highest BCUT2D eigenvalue weighted by molar-refractivity contribution is 7.67. The Labute approximate surface area is 146 Å². The van der Waals surface area contributed by atoms with E-state index in [-0.39, 0.29) is 5.91 Å². The van der Waals surface area contributed by atoms with Crippen molar-refractivity contribution in [3.63, 3.8) is 0 Å². The van der Waals surface area contributed by atoms with Crippen molar-refractivity contribution in [1.82, 2.24) is 14.3 Å². The van der Waals surface area contributed by atoms with E-state index in [4.69, 9.17) is 4.98 Å². The molecule has 0 saturated carbocycles. The van der Waals surface area contributed by atoms with Gasteiger partial charge in [0.05, 0.1) is 0 Å². The van der Waals surface area contributed by atoms with Crippen molar-refractivity contribution in [2.75, 3.05) is 31.5 Å². The fourth-order valence-corrected chi connectivity index (χ4v) is 5.94. The van der Waals surface area contributed by atoms with Crippen LogP contribution in [0, 0.1) is 5.41 Å². The standard InChI is InChI=1S/C16H31N4OPS/c1-8-19(9-2)22(20(10-3)11-4)15-18-13(12-23-15)17-14(21)16(5,6)7/h12H,8-11H2,1-7H3,(H,17,21). The summed E-state index contributed by atoms with van der Waals surface area (Å²) in [5, 5.41) is 4.90. The van der Waals surface area contributed by atoms with Crippen LogP contribution in [0.3, 0.4) is 0 Å². The lowest BCUT2D eigenvalue weighted by molar-refractivity contribution is -0.123. The first-order chi connectivity index (χ1) is 10.8. The second-order valence-electron chi connectivity index (χ2n) is 6.29. The van der Waals surface area contributed by atoms with Crippen LogP contribution in [0.25, 0.3) is 0 Å². The summed E-state index contributed by atoms with van der Waals surface area (Å²) in [6.07, 6.45) is 0. The molecule has 0 spiro atoms. The van der Waals surface area contributed by atoms with E-state index in [1.807, 2.05) is 26.2 Å². The van der Waals surface area contributed by atoms with Crippen LogP contribution in [-0.2, 0) is 4.79 Å².